The molecular weight excluding hydrogens is 331 g/mol. The molecule has 1 aliphatic heterocycles. The van der Waals surface area contributed by atoms with E-state index in [0.717, 1.165) is 36.2 Å². The molecule has 1 saturated carbocycles. The highest BCUT2D eigenvalue weighted by Gasteiger charge is 2.43. The summed E-state index contributed by atoms with van der Waals surface area (Å²) in [5.41, 5.74) is 2.94. The van der Waals surface area contributed by atoms with Gasteiger partial charge in [-0.05, 0) is 54.2 Å². The standard InChI is InChI=1S/C21H21FN2O2/c22-16-7-5-15(6-8-16)18-12-19(18)21(26)23-13-14-3-9-17(10-4-14)24-11-1-2-20(24)25/h3-10,18-19H,1-2,11-13H2,(H,23,26). The molecule has 2 aliphatic rings. The van der Waals surface area contributed by atoms with Gasteiger partial charge < -0.3 is 10.2 Å². The lowest BCUT2D eigenvalue weighted by Crippen LogP contribution is -2.25. The van der Waals surface area contributed by atoms with Crippen molar-refractivity contribution in [2.45, 2.75) is 31.7 Å². The Bertz CT molecular complexity index is 817. The molecule has 1 aliphatic carbocycles. The molecule has 2 fully saturated rings. The molecule has 0 spiro atoms. The van der Waals surface area contributed by atoms with Crippen molar-refractivity contribution < 1.29 is 14.0 Å². The highest BCUT2D eigenvalue weighted by molar-refractivity contribution is 5.95. The van der Waals surface area contributed by atoms with E-state index in [1.807, 2.05) is 24.3 Å². The van der Waals surface area contributed by atoms with Crippen LogP contribution in [0.5, 0.6) is 0 Å². The lowest BCUT2D eigenvalue weighted by atomic mass is 10.1. The predicted octanol–water partition coefficient (Wildman–Crippen LogP) is 3.37. The van der Waals surface area contributed by atoms with Crippen LogP contribution >= 0.6 is 0 Å². The maximum Gasteiger partial charge on any atom is 0.227 e. The fourth-order valence-electron chi connectivity index (χ4n) is 3.60. The van der Waals surface area contributed by atoms with Gasteiger partial charge in [0.05, 0.1) is 0 Å². The van der Waals surface area contributed by atoms with E-state index >= 15 is 0 Å². The SMILES string of the molecule is O=C(NCc1ccc(N2CCCC2=O)cc1)C1CC1c1ccc(F)cc1. The molecular formula is C21H21FN2O2. The third-order valence-corrected chi connectivity index (χ3v) is 5.21. The summed E-state index contributed by atoms with van der Waals surface area (Å²) in [7, 11) is 0. The van der Waals surface area contributed by atoms with Crippen molar-refractivity contribution in [1.29, 1.82) is 0 Å². The molecule has 2 unspecified atom stereocenters. The van der Waals surface area contributed by atoms with Crippen molar-refractivity contribution in [3.63, 3.8) is 0 Å². The van der Waals surface area contributed by atoms with Crippen molar-refractivity contribution in [1.82, 2.24) is 5.32 Å². The summed E-state index contributed by atoms with van der Waals surface area (Å²) in [6, 6.07) is 14.2. The minimum absolute atomic E-state index is 0.0260. The average molecular weight is 352 g/mol. The van der Waals surface area contributed by atoms with Gasteiger partial charge in [-0.1, -0.05) is 24.3 Å². The fraction of sp³-hybridized carbons (Fsp3) is 0.333. The molecule has 1 heterocycles. The number of carbonyl (C=O) groups is 2. The van der Waals surface area contributed by atoms with E-state index < -0.39 is 0 Å². The quantitative estimate of drug-likeness (QED) is 0.897. The molecule has 1 N–H and O–H groups in total. The summed E-state index contributed by atoms with van der Waals surface area (Å²) in [6.45, 7) is 1.25. The van der Waals surface area contributed by atoms with Gasteiger partial charge in [0, 0.05) is 31.1 Å². The van der Waals surface area contributed by atoms with Gasteiger partial charge >= 0.3 is 0 Å². The number of halogens is 1. The summed E-state index contributed by atoms with van der Waals surface area (Å²) in [5.74, 6) is 0.125. The van der Waals surface area contributed by atoms with Crippen LogP contribution in [0.1, 0.15) is 36.3 Å². The maximum atomic E-state index is 13.0. The van der Waals surface area contributed by atoms with Gasteiger partial charge in [0.1, 0.15) is 5.82 Å². The Labute approximate surface area is 152 Å². The van der Waals surface area contributed by atoms with E-state index in [-0.39, 0.29) is 29.5 Å². The number of rotatable bonds is 5. The number of nitrogens with one attached hydrogen (secondary N) is 1. The molecule has 2 aromatic rings. The number of benzene rings is 2. The Hall–Kier alpha value is -2.69. The number of anilines is 1. The zero-order valence-corrected chi connectivity index (χ0v) is 14.5. The Morgan fingerprint density at radius 3 is 2.50 bits per heavy atom. The summed E-state index contributed by atoms with van der Waals surface area (Å²) in [6.07, 6.45) is 2.34. The van der Waals surface area contributed by atoms with Gasteiger partial charge in [0.2, 0.25) is 11.8 Å². The van der Waals surface area contributed by atoms with Crippen molar-refractivity contribution in [3.05, 3.63) is 65.5 Å². The summed E-state index contributed by atoms with van der Waals surface area (Å²) < 4.78 is 13.0. The van der Waals surface area contributed by atoms with Crippen LogP contribution in [0.2, 0.25) is 0 Å². The zero-order valence-electron chi connectivity index (χ0n) is 14.5. The first-order chi connectivity index (χ1) is 12.6. The summed E-state index contributed by atoms with van der Waals surface area (Å²) in [5, 5.41) is 2.98. The van der Waals surface area contributed by atoms with Gasteiger partial charge in [-0.15, -0.1) is 0 Å². The van der Waals surface area contributed by atoms with Crippen LogP contribution in [0.25, 0.3) is 0 Å². The highest BCUT2D eigenvalue weighted by atomic mass is 19.1. The topological polar surface area (TPSA) is 49.4 Å². The molecule has 0 aromatic heterocycles. The summed E-state index contributed by atoms with van der Waals surface area (Å²) >= 11 is 0. The molecule has 0 bridgehead atoms. The van der Waals surface area contributed by atoms with Crippen molar-refractivity contribution >= 4 is 17.5 Å². The van der Waals surface area contributed by atoms with E-state index in [1.54, 1.807) is 17.0 Å². The molecule has 4 rings (SSSR count). The zero-order chi connectivity index (χ0) is 18.1. The van der Waals surface area contributed by atoms with Gasteiger partial charge in [-0.2, -0.15) is 0 Å². The molecule has 5 heteroatoms. The predicted molar refractivity (Wildman–Crippen MR) is 97.1 cm³/mol. The first kappa shape index (κ1) is 16.8. The normalized spacial score (nSPS) is 21.7. The number of amides is 2. The second-order valence-corrected chi connectivity index (χ2v) is 7.03. The van der Waals surface area contributed by atoms with Gasteiger partial charge in [-0.25, -0.2) is 4.39 Å². The van der Waals surface area contributed by atoms with Crippen LogP contribution in [0, 0.1) is 11.7 Å². The molecule has 4 nitrogen and oxygen atoms in total. The maximum absolute atomic E-state index is 13.0. The van der Waals surface area contributed by atoms with Crippen LogP contribution in [0.3, 0.4) is 0 Å². The first-order valence-corrected chi connectivity index (χ1v) is 9.04. The molecule has 26 heavy (non-hydrogen) atoms. The minimum Gasteiger partial charge on any atom is -0.352 e. The number of carbonyl (C=O) groups excluding carboxylic acids is 2. The number of hydrogen-bond donors (Lipinski definition) is 1. The summed E-state index contributed by atoms with van der Waals surface area (Å²) in [4.78, 5) is 25.9. The van der Waals surface area contributed by atoms with Crippen LogP contribution in [-0.2, 0) is 16.1 Å². The third-order valence-electron chi connectivity index (χ3n) is 5.21. The van der Waals surface area contributed by atoms with Crippen LogP contribution in [-0.4, -0.2) is 18.4 Å². The lowest BCUT2D eigenvalue weighted by molar-refractivity contribution is -0.122. The van der Waals surface area contributed by atoms with Gasteiger partial charge in [0.15, 0.2) is 0 Å². The van der Waals surface area contributed by atoms with E-state index in [4.69, 9.17) is 0 Å². The Balaban J connectivity index is 1.29. The van der Waals surface area contributed by atoms with Crippen LogP contribution in [0.15, 0.2) is 48.5 Å². The molecule has 2 aromatic carbocycles. The smallest absolute Gasteiger partial charge is 0.227 e. The Kier molecular flexibility index (Phi) is 4.45. The molecule has 2 amide bonds. The van der Waals surface area contributed by atoms with E-state index in [1.165, 1.54) is 12.1 Å². The van der Waals surface area contributed by atoms with Crippen LogP contribution in [0.4, 0.5) is 10.1 Å². The third kappa shape index (κ3) is 3.47. The van der Waals surface area contributed by atoms with Gasteiger partial charge in [-0.3, -0.25) is 9.59 Å². The van der Waals surface area contributed by atoms with E-state index in [0.29, 0.717) is 13.0 Å². The number of hydrogen-bond acceptors (Lipinski definition) is 2. The molecule has 0 radical (unpaired) electrons. The first-order valence-electron chi connectivity index (χ1n) is 9.04. The lowest BCUT2D eigenvalue weighted by Gasteiger charge is -2.16. The van der Waals surface area contributed by atoms with E-state index in [9.17, 15) is 14.0 Å². The van der Waals surface area contributed by atoms with E-state index in [2.05, 4.69) is 5.32 Å². The Morgan fingerprint density at radius 1 is 1.12 bits per heavy atom. The second kappa shape index (κ2) is 6.90. The van der Waals surface area contributed by atoms with Crippen molar-refractivity contribution in [3.8, 4) is 0 Å². The van der Waals surface area contributed by atoms with Crippen molar-refractivity contribution in [2.75, 3.05) is 11.4 Å². The molecule has 134 valence electrons. The average Bonchev–Trinajstić information content (AvgIpc) is 3.35. The monoisotopic (exact) mass is 352 g/mol. The Morgan fingerprint density at radius 2 is 1.85 bits per heavy atom. The van der Waals surface area contributed by atoms with Crippen molar-refractivity contribution in [2.24, 2.45) is 5.92 Å². The largest absolute Gasteiger partial charge is 0.352 e. The molecule has 2 atom stereocenters. The fourth-order valence-corrected chi connectivity index (χ4v) is 3.60. The second-order valence-electron chi connectivity index (χ2n) is 7.03. The molecule has 1 saturated heterocycles. The number of nitrogens with zero attached hydrogens (tertiary/aromatic N) is 1. The highest BCUT2D eigenvalue weighted by Crippen LogP contribution is 2.47. The minimum atomic E-state index is -0.255. The van der Waals surface area contributed by atoms with Gasteiger partial charge in [0.25, 0.3) is 0 Å². The van der Waals surface area contributed by atoms with Crippen LogP contribution < -0.4 is 10.2 Å².